The van der Waals surface area contributed by atoms with Gasteiger partial charge in [0.2, 0.25) is 0 Å². The van der Waals surface area contributed by atoms with Crippen LogP contribution in [0.1, 0.15) is 31.8 Å². The van der Waals surface area contributed by atoms with Gasteiger partial charge in [-0.25, -0.2) is 9.78 Å². The molecule has 0 aliphatic carbocycles. The van der Waals surface area contributed by atoms with Crippen LogP contribution < -0.4 is 5.32 Å². The van der Waals surface area contributed by atoms with Gasteiger partial charge in [0.05, 0.1) is 16.8 Å². The number of hydrogen-bond donors (Lipinski definition) is 1. The molecule has 4 aromatic rings. The number of pyridine rings is 1. The molecule has 0 fully saturated rings. The van der Waals surface area contributed by atoms with Crippen LogP contribution in [-0.4, -0.2) is 48.4 Å². The van der Waals surface area contributed by atoms with Crippen molar-refractivity contribution in [2.75, 3.05) is 26.0 Å². The molecule has 36 heavy (non-hydrogen) atoms. The van der Waals surface area contributed by atoms with E-state index in [1.807, 2.05) is 44.2 Å². The molecular formula is C29H27N3O4. The summed E-state index contributed by atoms with van der Waals surface area (Å²) >= 11 is 0. The second kappa shape index (κ2) is 10.4. The Balaban J connectivity index is 1.50. The number of aryl methyl sites for hydroxylation is 2. The van der Waals surface area contributed by atoms with Gasteiger partial charge in [0.1, 0.15) is 0 Å². The van der Waals surface area contributed by atoms with Crippen molar-refractivity contribution in [3.8, 4) is 11.3 Å². The molecule has 4 rings (SSSR count). The third-order valence-corrected chi connectivity index (χ3v) is 5.75. The zero-order valence-electron chi connectivity index (χ0n) is 20.7. The Morgan fingerprint density at radius 3 is 2.33 bits per heavy atom. The lowest BCUT2D eigenvalue weighted by Gasteiger charge is -2.12. The fraction of sp³-hybridized carbons (Fsp3) is 0.172. The van der Waals surface area contributed by atoms with Gasteiger partial charge in [0, 0.05) is 36.3 Å². The van der Waals surface area contributed by atoms with Crippen molar-refractivity contribution in [1.82, 2.24) is 9.88 Å². The Morgan fingerprint density at radius 2 is 1.64 bits per heavy atom. The van der Waals surface area contributed by atoms with Crippen molar-refractivity contribution >= 4 is 34.4 Å². The fourth-order valence-electron chi connectivity index (χ4n) is 3.94. The van der Waals surface area contributed by atoms with Crippen molar-refractivity contribution in [2.45, 2.75) is 13.8 Å². The van der Waals surface area contributed by atoms with E-state index in [9.17, 15) is 14.4 Å². The van der Waals surface area contributed by atoms with E-state index >= 15 is 0 Å². The minimum atomic E-state index is -0.610. The van der Waals surface area contributed by atoms with E-state index in [1.54, 1.807) is 50.5 Å². The third kappa shape index (κ3) is 5.41. The van der Waals surface area contributed by atoms with Crippen LogP contribution in [0.25, 0.3) is 22.2 Å². The molecule has 0 spiro atoms. The highest BCUT2D eigenvalue weighted by molar-refractivity contribution is 6.05. The van der Waals surface area contributed by atoms with E-state index in [0.717, 1.165) is 16.7 Å². The maximum atomic E-state index is 13.0. The highest BCUT2D eigenvalue weighted by Gasteiger charge is 2.17. The molecule has 2 amide bonds. The first-order valence-corrected chi connectivity index (χ1v) is 11.5. The minimum Gasteiger partial charge on any atom is -0.452 e. The van der Waals surface area contributed by atoms with Crippen molar-refractivity contribution in [1.29, 1.82) is 0 Å². The first kappa shape index (κ1) is 24.6. The highest BCUT2D eigenvalue weighted by atomic mass is 16.5. The number of anilines is 1. The first-order chi connectivity index (χ1) is 17.2. The number of benzene rings is 3. The number of hydrogen-bond acceptors (Lipinski definition) is 5. The van der Waals surface area contributed by atoms with Crippen LogP contribution in [0.3, 0.4) is 0 Å². The zero-order chi connectivity index (χ0) is 25.8. The predicted octanol–water partition coefficient (Wildman–Crippen LogP) is 5.02. The largest absolute Gasteiger partial charge is 0.452 e. The lowest BCUT2D eigenvalue weighted by Crippen LogP contribution is -2.22. The Bertz CT molecular complexity index is 1460. The van der Waals surface area contributed by atoms with Crippen LogP contribution in [0.2, 0.25) is 0 Å². The average Bonchev–Trinajstić information content (AvgIpc) is 2.86. The molecule has 7 nitrogen and oxygen atoms in total. The maximum Gasteiger partial charge on any atom is 0.339 e. The van der Waals surface area contributed by atoms with Gasteiger partial charge in [0.15, 0.2) is 6.61 Å². The summed E-state index contributed by atoms with van der Waals surface area (Å²) in [5.74, 6) is -1.23. The number of para-hydroxylation sites is 1. The normalized spacial score (nSPS) is 10.7. The monoisotopic (exact) mass is 481 g/mol. The number of carbonyl (C=O) groups excluding carboxylic acids is 3. The van der Waals surface area contributed by atoms with Crippen molar-refractivity contribution in [3.63, 3.8) is 0 Å². The lowest BCUT2D eigenvalue weighted by molar-refractivity contribution is -0.119. The summed E-state index contributed by atoms with van der Waals surface area (Å²) in [6.45, 7) is 3.58. The third-order valence-electron chi connectivity index (χ3n) is 5.75. The number of ether oxygens (including phenoxy) is 1. The highest BCUT2D eigenvalue weighted by Crippen LogP contribution is 2.28. The molecule has 0 unspecified atom stereocenters. The number of carbonyl (C=O) groups is 3. The van der Waals surface area contributed by atoms with Crippen LogP contribution >= 0.6 is 0 Å². The fourth-order valence-corrected chi connectivity index (χ4v) is 3.94. The van der Waals surface area contributed by atoms with Gasteiger partial charge in [-0.05, 0) is 55.8 Å². The maximum absolute atomic E-state index is 13.0. The first-order valence-electron chi connectivity index (χ1n) is 11.5. The number of nitrogens with one attached hydrogen (secondary N) is 1. The summed E-state index contributed by atoms with van der Waals surface area (Å²) in [7, 11) is 3.34. The van der Waals surface area contributed by atoms with Crippen LogP contribution in [0.4, 0.5) is 5.69 Å². The summed E-state index contributed by atoms with van der Waals surface area (Å²) in [6.07, 6.45) is 0. The molecule has 3 aromatic carbocycles. The van der Waals surface area contributed by atoms with Crippen LogP contribution in [0, 0.1) is 13.8 Å². The van der Waals surface area contributed by atoms with Gasteiger partial charge in [-0.1, -0.05) is 42.0 Å². The van der Waals surface area contributed by atoms with Gasteiger partial charge >= 0.3 is 5.97 Å². The van der Waals surface area contributed by atoms with E-state index in [4.69, 9.17) is 9.72 Å². The van der Waals surface area contributed by atoms with Gasteiger partial charge in [-0.3, -0.25) is 9.59 Å². The molecule has 182 valence electrons. The second-order valence-corrected chi connectivity index (χ2v) is 8.79. The Morgan fingerprint density at radius 1 is 0.917 bits per heavy atom. The van der Waals surface area contributed by atoms with Crippen molar-refractivity contribution in [3.05, 3.63) is 95.1 Å². The standard InChI is InChI=1S/C29H27N3O4/c1-18-9-14-22(19(2)15-18)26-16-24(23-7-5-6-8-25(23)31-26)29(35)36-17-27(33)30-21-12-10-20(11-13-21)28(34)32(3)4/h5-16H,17H2,1-4H3,(H,30,33). The van der Waals surface area contributed by atoms with Crippen LogP contribution in [-0.2, 0) is 9.53 Å². The lowest BCUT2D eigenvalue weighted by atomic mass is 9.99. The number of aromatic nitrogens is 1. The van der Waals surface area contributed by atoms with Crippen molar-refractivity contribution in [2.24, 2.45) is 0 Å². The van der Waals surface area contributed by atoms with Gasteiger partial charge in [-0.2, -0.15) is 0 Å². The summed E-state index contributed by atoms with van der Waals surface area (Å²) in [4.78, 5) is 43.7. The Kier molecular flexibility index (Phi) is 7.10. The molecule has 0 radical (unpaired) electrons. The number of amides is 2. The molecule has 7 heteroatoms. The van der Waals surface area contributed by atoms with Crippen molar-refractivity contribution < 1.29 is 19.1 Å². The molecule has 0 saturated heterocycles. The topological polar surface area (TPSA) is 88.6 Å². The molecule has 0 bridgehead atoms. The number of esters is 1. The molecule has 0 atom stereocenters. The predicted molar refractivity (Wildman–Crippen MR) is 140 cm³/mol. The number of fused-ring (bicyclic) bond motifs is 1. The van der Waals surface area contributed by atoms with E-state index in [0.29, 0.717) is 33.4 Å². The SMILES string of the molecule is Cc1ccc(-c2cc(C(=O)OCC(=O)Nc3ccc(C(=O)N(C)C)cc3)c3ccccc3n2)c(C)c1. The average molecular weight is 482 g/mol. The Hall–Kier alpha value is -4.52. The molecule has 0 saturated carbocycles. The quantitative estimate of drug-likeness (QED) is 0.391. The number of rotatable bonds is 6. The molecular weight excluding hydrogens is 454 g/mol. The van der Waals surface area contributed by atoms with Gasteiger partial charge < -0.3 is 15.0 Å². The summed E-state index contributed by atoms with van der Waals surface area (Å²) in [5, 5.41) is 3.33. The van der Waals surface area contributed by atoms with E-state index in [-0.39, 0.29) is 5.91 Å². The second-order valence-electron chi connectivity index (χ2n) is 8.79. The van der Waals surface area contributed by atoms with Gasteiger partial charge in [0.25, 0.3) is 11.8 Å². The van der Waals surface area contributed by atoms with E-state index < -0.39 is 18.5 Å². The molecule has 0 aliphatic rings. The number of nitrogens with zero attached hydrogens (tertiary/aromatic N) is 2. The molecule has 1 heterocycles. The van der Waals surface area contributed by atoms with Crippen LogP contribution in [0.5, 0.6) is 0 Å². The molecule has 1 N–H and O–H groups in total. The van der Waals surface area contributed by atoms with Gasteiger partial charge in [-0.15, -0.1) is 0 Å². The summed E-state index contributed by atoms with van der Waals surface area (Å²) in [5.41, 5.74) is 5.79. The smallest absolute Gasteiger partial charge is 0.339 e. The molecule has 1 aromatic heterocycles. The van der Waals surface area contributed by atoms with Crippen LogP contribution in [0.15, 0.2) is 72.8 Å². The summed E-state index contributed by atoms with van der Waals surface area (Å²) in [6, 6.07) is 21.6. The summed E-state index contributed by atoms with van der Waals surface area (Å²) < 4.78 is 5.36. The zero-order valence-corrected chi connectivity index (χ0v) is 20.7. The minimum absolute atomic E-state index is 0.133. The molecule has 0 aliphatic heterocycles. The van der Waals surface area contributed by atoms with E-state index in [2.05, 4.69) is 11.4 Å². The Labute approximate surface area is 209 Å². The van der Waals surface area contributed by atoms with E-state index in [1.165, 1.54) is 4.90 Å².